The number of aromatic hydroxyl groups is 1. The van der Waals surface area contributed by atoms with Crippen molar-refractivity contribution in [3.8, 4) is 23.7 Å². The summed E-state index contributed by atoms with van der Waals surface area (Å²) in [4.78, 5) is 0. The predicted octanol–water partition coefficient (Wildman–Crippen LogP) is 4.58. The van der Waals surface area contributed by atoms with Gasteiger partial charge in [0, 0.05) is 11.1 Å². The lowest BCUT2D eigenvalue weighted by Crippen LogP contribution is -2.07. The van der Waals surface area contributed by atoms with Crippen molar-refractivity contribution in [1.29, 1.82) is 5.26 Å². The molecule has 0 unspecified atom stereocenters. The van der Waals surface area contributed by atoms with Crippen LogP contribution in [-0.4, -0.2) is 11.8 Å². The number of rotatable bonds is 3. The number of nitrogens with zero attached hydrogens (tertiary/aromatic N) is 1. The Hall–Kier alpha value is -2.99. The second kappa shape index (κ2) is 7.72. The summed E-state index contributed by atoms with van der Waals surface area (Å²) >= 11 is 0. The minimum absolute atomic E-state index is 0.233. The maximum atomic E-state index is 13.0. The van der Waals surface area contributed by atoms with E-state index >= 15 is 0 Å². The van der Waals surface area contributed by atoms with Gasteiger partial charge < -0.3 is 5.11 Å². The highest BCUT2D eigenvalue weighted by molar-refractivity contribution is 5.53. The third-order valence-electron chi connectivity index (χ3n) is 3.45. The average Bonchev–Trinajstić information content (AvgIpc) is 2.58. The molecule has 2 aromatic rings. The Morgan fingerprint density at radius 3 is 2.32 bits per heavy atom. The first-order valence-electron chi connectivity index (χ1n) is 7.36. The molecule has 0 bridgehead atoms. The van der Waals surface area contributed by atoms with Crippen molar-refractivity contribution in [2.45, 2.75) is 19.0 Å². The van der Waals surface area contributed by atoms with Gasteiger partial charge in [-0.15, -0.1) is 0 Å². The predicted molar refractivity (Wildman–Crippen MR) is 84.5 cm³/mol. The fourth-order valence-corrected chi connectivity index (χ4v) is 2.26. The van der Waals surface area contributed by atoms with Gasteiger partial charge in [0.2, 0.25) is 0 Å². The zero-order chi connectivity index (χ0) is 18.4. The van der Waals surface area contributed by atoms with E-state index in [2.05, 4.69) is 11.8 Å². The molecule has 2 rings (SSSR count). The Bertz CT molecular complexity index is 870. The number of phenols is 1. The molecule has 1 N–H and O–H groups in total. The highest BCUT2D eigenvalue weighted by Crippen LogP contribution is 2.33. The van der Waals surface area contributed by atoms with E-state index in [9.17, 15) is 22.7 Å². The van der Waals surface area contributed by atoms with Crippen LogP contribution < -0.4 is 0 Å². The SMILES string of the molecule is N#Cc1ccc(C#Cc2ccc(O)cc2C(F)(F)F)c(CCCF)c1. The van der Waals surface area contributed by atoms with Crippen molar-refractivity contribution >= 4 is 0 Å². The number of alkyl halides is 4. The van der Waals surface area contributed by atoms with E-state index in [0.717, 1.165) is 12.1 Å². The van der Waals surface area contributed by atoms with E-state index in [-0.39, 0.29) is 12.0 Å². The van der Waals surface area contributed by atoms with Gasteiger partial charge in [-0.1, -0.05) is 11.8 Å². The summed E-state index contributed by atoms with van der Waals surface area (Å²) in [5, 5.41) is 18.2. The zero-order valence-corrected chi connectivity index (χ0v) is 13.0. The lowest BCUT2D eigenvalue weighted by atomic mass is 9.99. The lowest BCUT2D eigenvalue weighted by molar-refractivity contribution is -0.137. The molecule has 0 aliphatic carbocycles. The number of aryl methyl sites for hydroxylation is 1. The van der Waals surface area contributed by atoms with Crippen LogP contribution in [-0.2, 0) is 12.6 Å². The van der Waals surface area contributed by atoms with Gasteiger partial charge in [-0.25, -0.2) is 0 Å². The number of hydrogen-bond donors (Lipinski definition) is 1. The summed E-state index contributed by atoms with van der Waals surface area (Å²) < 4.78 is 51.5. The van der Waals surface area contributed by atoms with Crippen LogP contribution in [0.5, 0.6) is 5.75 Å². The lowest BCUT2D eigenvalue weighted by Gasteiger charge is -2.09. The number of hydrogen-bond acceptors (Lipinski definition) is 2. The molecule has 0 aliphatic heterocycles. The Morgan fingerprint density at radius 2 is 1.68 bits per heavy atom. The topological polar surface area (TPSA) is 44.0 Å². The number of phenolic OH excluding ortho intramolecular Hbond substituents is 1. The van der Waals surface area contributed by atoms with Crippen LogP contribution in [0.4, 0.5) is 17.6 Å². The van der Waals surface area contributed by atoms with Crippen LogP contribution >= 0.6 is 0 Å². The minimum Gasteiger partial charge on any atom is -0.508 e. The molecule has 25 heavy (non-hydrogen) atoms. The quantitative estimate of drug-likeness (QED) is 0.652. The molecule has 0 aliphatic rings. The van der Waals surface area contributed by atoms with Crippen LogP contribution in [0.25, 0.3) is 0 Å². The van der Waals surface area contributed by atoms with Crippen molar-refractivity contribution in [2.24, 2.45) is 0 Å². The second-order valence-electron chi connectivity index (χ2n) is 5.25. The zero-order valence-electron chi connectivity index (χ0n) is 13.0. The van der Waals surface area contributed by atoms with Crippen LogP contribution in [0.3, 0.4) is 0 Å². The maximum Gasteiger partial charge on any atom is 0.417 e. The van der Waals surface area contributed by atoms with Gasteiger partial charge in [0.1, 0.15) is 5.75 Å². The Labute approximate surface area is 142 Å². The van der Waals surface area contributed by atoms with Crippen molar-refractivity contribution in [2.75, 3.05) is 6.67 Å². The van der Waals surface area contributed by atoms with Gasteiger partial charge in [0.05, 0.1) is 23.9 Å². The van der Waals surface area contributed by atoms with Gasteiger partial charge in [-0.2, -0.15) is 18.4 Å². The van der Waals surface area contributed by atoms with Crippen LogP contribution in [0, 0.1) is 23.2 Å². The standard InChI is InChI=1S/C19H13F4NO/c20-9-1-2-16-10-13(12-24)3-4-14(16)5-6-15-7-8-17(25)11-18(15)19(21,22)23/h3-4,7-8,10-11,25H,1-2,9H2. The molecule has 0 saturated heterocycles. The molecule has 2 nitrogen and oxygen atoms in total. The summed E-state index contributed by atoms with van der Waals surface area (Å²) in [6.07, 6.45) is -4.08. The fourth-order valence-electron chi connectivity index (χ4n) is 2.26. The molecule has 0 spiro atoms. The molecule has 0 atom stereocenters. The van der Waals surface area contributed by atoms with Gasteiger partial charge in [-0.3, -0.25) is 4.39 Å². The number of nitriles is 1. The van der Waals surface area contributed by atoms with Gasteiger partial charge in [0.25, 0.3) is 0 Å². The molecular formula is C19H13F4NO. The molecule has 6 heteroatoms. The van der Waals surface area contributed by atoms with Gasteiger partial charge in [0.15, 0.2) is 0 Å². The number of halogens is 4. The molecule has 0 fully saturated rings. The summed E-state index contributed by atoms with van der Waals surface area (Å²) in [6, 6.07) is 9.40. The van der Waals surface area contributed by atoms with Crippen molar-refractivity contribution < 1.29 is 22.7 Å². The van der Waals surface area contributed by atoms with Crippen LogP contribution in [0.1, 0.15) is 34.2 Å². The average molecular weight is 347 g/mol. The molecule has 0 aromatic heterocycles. The van der Waals surface area contributed by atoms with Crippen LogP contribution in [0.15, 0.2) is 36.4 Å². The molecule has 0 saturated carbocycles. The Morgan fingerprint density at radius 1 is 1.00 bits per heavy atom. The molecule has 0 heterocycles. The molecule has 2 aromatic carbocycles. The monoisotopic (exact) mass is 347 g/mol. The van der Waals surface area contributed by atoms with E-state index in [1.165, 1.54) is 12.1 Å². The van der Waals surface area contributed by atoms with Crippen molar-refractivity contribution in [3.05, 3.63) is 64.2 Å². The van der Waals surface area contributed by atoms with Gasteiger partial charge in [-0.05, 0) is 54.8 Å². The summed E-state index contributed by atoms with van der Waals surface area (Å²) in [7, 11) is 0. The largest absolute Gasteiger partial charge is 0.508 e. The minimum atomic E-state index is -4.65. The normalized spacial score (nSPS) is 10.7. The fraction of sp³-hybridized carbons (Fsp3) is 0.211. The van der Waals surface area contributed by atoms with E-state index in [0.29, 0.717) is 29.2 Å². The molecule has 0 amide bonds. The first-order chi connectivity index (χ1) is 11.8. The van der Waals surface area contributed by atoms with E-state index in [1.54, 1.807) is 6.07 Å². The van der Waals surface area contributed by atoms with Crippen molar-refractivity contribution in [1.82, 2.24) is 0 Å². The van der Waals surface area contributed by atoms with Crippen molar-refractivity contribution in [3.63, 3.8) is 0 Å². The van der Waals surface area contributed by atoms with Crippen LogP contribution in [0.2, 0.25) is 0 Å². The smallest absolute Gasteiger partial charge is 0.417 e. The van der Waals surface area contributed by atoms with E-state index in [1.807, 2.05) is 6.07 Å². The third-order valence-corrected chi connectivity index (χ3v) is 3.45. The second-order valence-corrected chi connectivity index (χ2v) is 5.25. The summed E-state index contributed by atoms with van der Waals surface area (Å²) in [6.45, 7) is -0.542. The van der Waals surface area contributed by atoms with E-state index in [4.69, 9.17) is 5.26 Å². The highest BCUT2D eigenvalue weighted by atomic mass is 19.4. The Balaban J connectivity index is 2.47. The third kappa shape index (κ3) is 4.74. The summed E-state index contributed by atoms with van der Waals surface area (Å²) in [5.41, 5.74) is 0.121. The summed E-state index contributed by atoms with van der Waals surface area (Å²) in [5.74, 6) is 4.62. The molecule has 0 radical (unpaired) electrons. The highest BCUT2D eigenvalue weighted by Gasteiger charge is 2.33. The first-order valence-corrected chi connectivity index (χ1v) is 7.36. The first kappa shape index (κ1) is 18.4. The molecule has 128 valence electrons. The Kier molecular flexibility index (Phi) is 5.67. The van der Waals surface area contributed by atoms with E-state index < -0.39 is 24.2 Å². The number of benzene rings is 2. The van der Waals surface area contributed by atoms with Gasteiger partial charge >= 0.3 is 6.18 Å². The molecular weight excluding hydrogens is 334 g/mol. The maximum absolute atomic E-state index is 13.0.